The fourth-order valence-electron chi connectivity index (χ4n) is 1.82. The molecule has 0 aliphatic carbocycles. The van der Waals surface area contributed by atoms with Gasteiger partial charge in [0, 0.05) is 17.2 Å². The maximum Gasteiger partial charge on any atom is 0.271 e. The molecule has 120 valence electrons. The van der Waals surface area contributed by atoms with E-state index in [9.17, 15) is 30.3 Å². The van der Waals surface area contributed by atoms with E-state index in [4.69, 9.17) is 0 Å². The van der Waals surface area contributed by atoms with Gasteiger partial charge in [0.1, 0.15) is 11.5 Å². The van der Waals surface area contributed by atoms with Crippen LogP contribution in [0.3, 0.4) is 0 Å². The van der Waals surface area contributed by atoms with Crippen molar-refractivity contribution in [3.8, 4) is 28.7 Å². The molecule has 6 N–H and O–H groups in total. The number of hydrogen-bond acceptors (Lipinski definition) is 7. The second-order valence-electron chi connectivity index (χ2n) is 4.70. The van der Waals surface area contributed by atoms with Crippen molar-refractivity contribution >= 4 is 11.6 Å². The monoisotopic (exact) mass is 318 g/mol. The lowest BCUT2D eigenvalue weighted by molar-refractivity contribution is 0.0954. The maximum absolute atomic E-state index is 11.9. The lowest BCUT2D eigenvalue weighted by atomic mass is 10.1. The molecule has 0 aliphatic rings. The van der Waals surface area contributed by atoms with Crippen molar-refractivity contribution in [3.63, 3.8) is 0 Å². The van der Waals surface area contributed by atoms with Gasteiger partial charge in [0.25, 0.3) is 5.91 Å². The number of phenols is 5. The van der Waals surface area contributed by atoms with Gasteiger partial charge in [0.15, 0.2) is 17.2 Å². The third-order valence-electron chi connectivity index (χ3n) is 3.03. The predicted molar refractivity (Wildman–Crippen MR) is 80.9 cm³/mol. The van der Waals surface area contributed by atoms with Crippen LogP contribution in [0.4, 0.5) is 0 Å². The second-order valence-corrected chi connectivity index (χ2v) is 4.70. The summed E-state index contributed by atoms with van der Waals surface area (Å²) in [7, 11) is 0. The lowest BCUT2D eigenvalue weighted by Gasteiger charge is -2.07. The zero-order chi connectivity index (χ0) is 17.1. The van der Waals surface area contributed by atoms with E-state index >= 15 is 0 Å². The van der Waals surface area contributed by atoms with Crippen LogP contribution in [0.15, 0.2) is 35.4 Å². The van der Waals surface area contributed by atoms with Gasteiger partial charge >= 0.3 is 0 Å². The first-order valence-corrected chi connectivity index (χ1v) is 6.41. The van der Waals surface area contributed by atoms with Gasteiger partial charge in [-0.05, 0) is 31.2 Å². The molecule has 0 fully saturated rings. The van der Waals surface area contributed by atoms with Crippen LogP contribution in [0.2, 0.25) is 0 Å². The second kappa shape index (κ2) is 6.14. The maximum atomic E-state index is 11.9. The Morgan fingerprint density at radius 1 is 0.957 bits per heavy atom. The number of phenolic OH excluding ortho intramolecular Hbond substituents is 5. The van der Waals surface area contributed by atoms with Crippen molar-refractivity contribution in [2.75, 3.05) is 0 Å². The minimum absolute atomic E-state index is 0.113. The van der Waals surface area contributed by atoms with Crippen LogP contribution >= 0.6 is 0 Å². The number of nitrogens with one attached hydrogen (secondary N) is 1. The highest BCUT2D eigenvalue weighted by molar-refractivity contribution is 6.02. The molecule has 0 atom stereocenters. The smallest absolute Gasteiger partial charge is 0.271 e. The average Bonchev–Trinajstić information content (AvgIpc) is 2.49. The SMILES string of the molecule is C/C(=N\NC(=O)c1cc(O)c(O)c(O)c1)c1ccc(O)cc1O. The van der Waals surface area contributed by atoms with Gasteiger partial charge in [-0.25, -0.2) is 5.43 Å². The Hall–Kier alpha value is -3.42. The summed E-state index contributed by atoms with van der Waals surface area (Å²) in [5, 5.41) is 50.7. The molecule has 0 aliphatic heterocycles. The molecule has 2 aromatic rings. The summed E-state index contributed by atoms with van der Waals surface area (Å²) >= 11 is 0. The summed E-state index contributed by atoms with van der Waals surface area (Å²) in [6, 6.07) is 5.84. The quantitative estimate of drug-likeness (QED) is 0.287. The molecule has 0 saturated heterocycles. The van der Waals surface area contributed by atoms with E-state index in [1.165, 1.54) is 19.1 Å². The number of hydrogen-bond donors (Lipinski definition) is 6. The number of rotatable bonds is 3. The molecular formula is C15H14N2O6. The molecule has 8 nitrogen and oxygen atoms in total. The van der Waals surface area contributed by atoms with E-state index < -0.39 is 23.2 Å². The standard InChI is InChI=1S/C15H14N2O6/c1-7(10-3-2-9(18)6-11(10)19)16-17-15(23)8-4-12(20)14(22)13(21)5-8/h2-6,18-22H,1H3,(H,17,23)/b16-7+. The first kappa shape index (κ1) is 16.0. The Balaban J connectivity index is 2.20. The minimum Gasteiger partial charge on any atom is -0.508 e. The Bertz CT molecular complexity index is 778. The van der Waals surface area contributed by atoms with Gasteiger partial charge < -0.3 is 25.5 Å². The number of nitrogens with zero attached hydrogens (tertiary/aromatic N) is 1. The first-order valence-electron chi connectivity index (χ1n) is 6.41. The largest absolute Gasteiger partial charge is 0.508 e. The molecule has 0 spiro atoms. The highest BCUT2D eigenvalue weighted by Crippen LogP contribution is 2.35. The summed E-state index contributed by atoms with van der Waals surface area (Å²) in [5.74, 6) is -3.08. The number of amides is 1. The van der Waals surface area contributed by atoms with Gasteiger partial charge in [-0.15, -0.1) is 0 Å². The molecule has 0 radical (unpaired) electrons. The topological polar surface area (TPSA) is 143 Å². The van der Waals surface area contributed by atoms with E-state index in [2.05, 4.69) is 10.5 Å². The Labute approximate surface area is 130 Å². The van der Waals surface area contributed by atoms with Crippen molar-refractivity contribution in [1.82, 2.24) is 5.43 Å². The number of carbonyl (C=O) groups is 1. The third-order valence-corrected chi connectivity index (χ3v) is 3.03. The van der Waals surface area contributed by atoms with E-state index in [-0.39, 0.29) is 22.8 Å². The van der Waals surface area contributed by atoms with Gasteiger partial charge in [0.2, 0.25) is 0 Å². The summed E-state index contributed by atoms with van der Waals surface area (Å²) in [6.45, 7) is 1.53. The van der Waals surface area contributed by atoms with Crippen LogP contribution in [0.5, 0.6) is 28.7 Å². The molecule has 0 bridgehead atoms. The third kappa shape index (κ3) is 3.43. The zero-order valence-electron chi connectivity index (χ0n) is 12.0. The van der Waals surface area contributed by atoms with Crippen molar-refractivity contribution < 1.29 is 30.3 Å². The normalized spacial score (nSPS) is 11.3. The highest BCUT2D eigenvalue weighted by atomic mass is 16.3. The zero-order valence-corrected chi connectivity index (χ0v) is 12.0. The van der Waals surface area contributed by atoms with Crippen LogP contribution in [0, 0.1) is 0 Å². The first-order chi connectivity index (χ1) is 10.8. The average molecular weight is 318 g/mol. The number of benzene rings is 2. The Morgan fingerprint density at radius 2 is 1.57 bits per heavy atom. The summed E-state index contributed by atoms with van der Waals surface area (Å²) in [5.41, 5.74) is 2.64. The molecule has 23 heavy (non-hydrogen) atoms. The molecule has 0 aromatic heterocycles. The van der Waals surface area contributed by atoms with Crippen LogP contribution in [0.1, 0.15) is 22.8 Å². The molecule has 0 saturated carbocycles. The van der Waals surface area contributed by atoms with Gasteiger partial charge in [0.05, 0.1) is 5.71 Å². The van der Waals surface area contributed by atoms with Gasteiger partial charge in [-0.3, -0.25) is 4.79 Å². The van der Waals surface area contributed by atoms with E-state index in [0.717, 1.165) is 18.2 Å². The van der Waals surface area contributed by atoms with Crippen LogP contribution in [-0.4, -0.2) is 37.2 Å². The number of hydrazone groups is 1. The van der Waals surface area contributed by atoms with Gasteiger partial charge in [-0.2, -0.15) is 5.10 Å². The van der Waals surface area contributed by atoms with Crippen molar-refractivity contribution in [3.05, 3.63) is 41.5 Å². The molecule has 1 amide bonds. The number of aromatic hydroxyl groups is 5. The van der Waals surface area contributed by atoms with Crippen LogP contribution in [0.25, 0.3) is 0 Å². The van der Waals surface area contributed by atoms with E-state index in [1.807, 2.05) is 0 Å². The Kier molecular flexibility index (Phi) is 4.26. The van der Waals surface area contributed by atoms with Crippen LogP contribution in [-0.2, 0) is 0 Å². The predicted octanol–water partition coefficient (Wildman–Crippen LogP) is 1.37. The van der Waals surface area contributed by atoms with Crippen molar-refractivity contribution in [2.45, 2.75) is 6.92 Å². The Morgan fingerprint density at radius 3 is 2.13 bits per heavy atom. The van der Waals surface area contributed by atoms with Gasteiger partial charge in [-0.1, -0.05) is 0 Å². The van der Waals surface area contributed by atoms with Crippen LogP contribution < -0.4 is 5.43 Å². The molecule has 8 heteroatoms. The van der Waals surface area contributed by atoms with Crippen molar-refractivity contribution in [2.24, 2.45) is 5.10 Å². The lowest BCUT2D eigenvalue weighted by Crippen LogP contribution is -2.19. The van der Waals surface area contributed by atoms with E-state index in [0.29, 0.717) is 5.56 Å². The van der Waals surface area contributed by atoms with Crippen molar-refractivity contribution in [1.29, 1.82) is 0 Å². The fourth-order valence-corrected chi connectivity index (χ4v) is 1.82. The summed E-state index contributed by atoms with van der Waals surface area (Å²) < 4.78 is 0. The highest BCUT2D eigenvalue weighted by Gasteiger charge is 2.13. The minimum atomic E-state index is -0.742. The molecular weight excluding hydrogens is 304 g/mol. The molecule has 0 unspecified atom stereocenters. The summed E-state index contributed by atoms with van der Waals surface area (Å²) in [6.07, 6.45) is 0. The number of carbonyl (C=O) groups excluding carboxylic acids is 1. The molecule has 0 heterocycles. The molecule has 2 aromatic carbocycles. The molecule has 2 rings (SSSR count). The summed E-state index contributed by atoms with van der Waals surface area (Å²) in [4.78, 5) is 11.9. The van der Waals surface area contributed by atoms with E-state index in [1.54, 1.807) is 0 Å². The fraction of sp³-hybridized carbons (Fsp3) is 0.0667.